The number of thioether (sulfide) groups is 1. The van der Waals surface area contributed by atoms with E-state index >= 15 is 0 Å². The maximum absolute atomic E-state index is 13.3. The first-order chi connectivity index (χ1) is 18.1. The number of fused-ring (bicyclic) bond motifs is 1. The summed E-state index contributed by atoms with van der Waals surface area (Å²) in [5.41, 5.74) is 4.91. The highest BCUT2D eigenvalue weighted by Gasteiger charge is 2.14. The fraction of sp³-hybridized carbons (Fsp3) is 0.154. The molecule has 1 heterocycles. The molecule has 3 N–H and O–H groups in total. The standard InChI is InChI=1S/C26H24ClN5O4S2/c1-17(20-6-2-4-8-22(20)27)30-31-24(33)16-37-26-29-23-9-5-3-7-21(23)25(34)32(26)15-14-18-10-12-19(13-11-18)38(28,35)36/h2-13H,14-16H2,1H3,(H,31,33)(H2,28,35,36)/b30-17+. The third kappa shape index (κ3) is 6.67. The smallest absolute Gasteiger partial charge is 0.262 e. The number of nitrogens with zero attached hydrogens (tertiary/aromatic N) is 3. The fourth-order valence-electron chi connectivity index (χ4n) is 3.67. The molecular weight excluding hydrogens is 546 g/mol. The number of nitrogens with two attached hydrogens (primary N) is 1. The Hall–Kier alpha value is -3.51. The van der Waals surface area contributed by atoms with Crippen LogP contribution in [0.4, 0.5) is 0 Å². The van der Waals surface area contributed by atoms with Crippen LogP contribution in [0.1, 0.15) is 18.1 Å². The summed E-state index contributed by atoms with van der Waals surface area (Å²) in [7, 11) is -3.79. The maximum atomic E-state index is 13.3. The molecule has 0 spiro atoms. The second kappa shape index (κ2) is 11.9. The molecule has 0 aliphatic heterocycles. The van der Waals surface area contributed by atoms with E-state index < -0.39 is 10.0 Å². The van der Waals surface area contributed by atoms with Gasteiger partial charge in [-0.15, -0.1) is 0 Å². The van der Waals surface area contributed by atoms with E-state index in [1.165, 1.54) is 16.7 Å². The number of aryl methyl sites for hydroxylation is 1. The molecule has 0 saturated carbocycles. The molecule has 1 amide bonds. The molecule has 0 aliphatic rings. The lowest BCUT2D eigenvalue weighted by Gasteiger charge is -2.13. The summed E-state index contributed by atoms with van der Waals surface area (Å²) >= 11 is 7.31. The highest BCUT2D eigenvalue weighted by molar-refractivity contribution is 7.99. The zero-order valence-corrected chi connectivity index (χ0v) is 22.7. The van der Waals surface area contributed by atoms with Crippen LogP contribution in [0.3, 0.4) is 0 Å². The van der Waals surface area contributed by atoms with Crippen molar-refractivity contribution in [3.63, 3.8) is 0 Å². The number of halogens is 1. The van der Waals surface area contributed by atoms with Gasteiger partial charge in [-0.05, 0) is 49.2 Å². The predicted molar refractivity (Wildman–Crippen MR) is 150 cm³/mol. The van der Waals surface area contributed by atoms with Gasteiger partial charge in [-0.25, -0.2) is 24.0 Å². The van der Waals surface area contributed by atoms with Crippen molar-refractivity contribution < 1.29 is 13.2 Å². The van der Waals surface area contributed by atoms with E-state index in [0.29, 0.717) is 38.8 Å². The number of hydrazone groups is 1. The molecule has 0 aliphatic carbocycles. The van der Waals surface area contributed by atoms with E-state index in [2.05, 4.69) is 15.5 Å². The summed E-state index contributed by atoms with van der Waals surface area (Å²) in [5, 5.41) is 10.7. The Balaban J connectivity index is 1.51. The number of hydrogen-bond donors (Lipinski definition) is 2. The number of carbonyl (C=O) groups excluding carboxylic acids is 1. The van der Waals surface area contributed by atoms with Gasteiger partial charge in [-0.2, -0.15) is 5.10 Å². The number of aromatic nitrogens is 2. The number of carbonyl (C=O) groups is 1. The lowest BCUT2D eigenvalue weighted by atomic mass is 10.1. The molecule has 4 aromatic rings. The van der Waals surface area contributed by atoms with Crippen LogP contribution in [0.15, 0.2) is 92.7 Å². The molecule has 0 saturated heterocycles. The maximum Gasteiger partial charge on any atom is 0.262 e. The number of primary sulfonamides is 1. The Labute approximate surface area is 228 Å². The summed E-state index contributed by atoms with van der Waals surface area (Å²) < 4.78 is 24.5. The Bertz CT molecular complexity index is 1690. The number of rotatable bonds is 9. The molecule has 1 aromatic heterocycles. The van der Waals surface area contributed by atoms with Crippen LogP contribution >= 0.6 is 23.4 Å². The minimum Gasteiger partial charge on any atom is -0.287 e. The molecule has 9 nitrogen and oxygen atoms in total. The van der Waals surface area contributed by atoms with Gasteiger partial charge in [0.05, 0.1) is 27.3 Å². The SMILES string of the molecule is C/C(=N\NC(=O)CSc1nc2ccccc2c(=O)n1CCc1ccc(S(N)(=O)=O)cc1)c1ccccc1Cl. The summed E-state index contributed by atoms with van der Waals surface area (Å²) in [5.74, 6) is -0.387. The van der Waals surface area contributed by atoms with Gasteiger partial charge in [0.25, 0.3) is 11.5 Å². The molecule has 196 valence electrons. The second-order valence-corrected chi connectivity index (χ2v) is 11.2. The number of hydrogen-bond acceptors (Lipinski definition) is 7. The molecule has 0 fully saturated rings. The quantitative estimate of drug-likeness (QED) is 0.137. The third-order valence-electron chi connectivity index (χ3n) is 5.65. The molecule has 0 bridgehead atoms. The van der Waals surface area contributed by atoms with Crippen molar-refractivity contribution in [2.45, 2.75) is 29.9 Å². The lowest BCUT2D eigenvalue weighted by Crippen LogP contribution is -2.26. The largest absolute Gasteiger partial charge is 0.287 e. The topological polar surface area (TPSA) is 137 Å². The highest BCUT2D eigenvalue weighted by atomic mass is 35.5. The first-order valence-electron chi connectivity index (χ1n) is 11.5. The van der Waals surface area contributed by atoms with Gasteiger partial charge in [0.1, 0.15) is 0 Å². The van der Waals surface area contributed by atoms with Crippen molar-refractivity contribution in [3.8, 4) is 0 Å². The van der Waals surface area contributed by atoms with E-state index in [1.54, 1.807) is 49.4 Å². The first-order valence-corrected chi connectivity index (χ1v) is 14.4. The van der Waals surface area contributed by atoms with Crippen molar-refractivity contribution in [1.82, 2.24) is 15.0 Å². The van der Waals surface area contributed by atoms with Crippen molar-refractivity contribution in [2.75, 3.05) is 5.75 Å². The lowest BCUT2D eigenvalue weighted by molar-refractivity contribution is -0.118. The van der Waals surface area contributed by atoms with Gasteiger partial charge in [0.15, 0.2) is 5.16 Å². The zero-order chi connectivity index (χ0) is 27.3. The predicted octanol–water partition coefficient (Wildman–Crippen LogP) is 3.57. The minimum atomic E-state index is -3.79. The number of benzene rings is 3. The van der Waals surface area contributed by atoms with E-state index in [1.807, 2.05) is 18.2 Å². The number of amides is 1. The molecule has 38 heavy (non-hydrogen) atoms. The molecule has 4 rings (SSSR count). The Morgan fingerprint density at radius 3 is 2.47 bits per heavy atom. The average molecular weight is 570 g/mol. The summed E-state index contributed by atoms with van der Waals surface area (Å²) in [4.78, 5) is 30.5. The van der Waals surface area contributed by atoms with E-state index in [4.69, 9.17) is 16.7 Å². The molecule has 3 aromatic carbocycles. The van der Waals surface area contributed by atoms with Gasteiger partial charge in [-0.1, -0.05) is 65.8 Å². The van der Waals surface area contributed by atoms with Crippen LogP contribution in [-0.2, 0) is 27.8 Å². The summed E-state index contributed by atoms with van der Waals surface area (Å²) in [6.07, 6.45) is 0.436. The summed E-state index contributed by atoms with van der Waals surface area (Å²) in [6, 6.07) is 20.4. The van der Waals surface area contributed by atoms with Crippen LogP contribution in [0.2, 0.25) is 5.02 Å². The Morgan fingerprint density at radius 1 is 1.08 bits per heavy atom. The zero-order valence-electron chi connectivity index (χ0n) is 20.3. The van der Waals surface area contributed by atoms with Gasteiger partial charge in [0, 0.05) is 17.1 Å². The second-order valence-electron chi connectivity index (χ2n) is 8.31. The van der Waals surface area contributed by atoms with Gasteiger partial charge < -0.3 is 0 Å². The van der Waals surface area contributed by atoms with Crippen LogP contribution in [0, 0.1) is 0 Å². The van der Waals surface area contributed by atoms with Crippen LogP contribution < -0.4 is 16.1 Å². The summed E-state index contributed by atoms with van der Waals surface area (Å²) in [6.45, 7) is 2.02. The number of nitrogens with one attached hydrogen (secondary N) is 1. The fourth-order valence-corrected chi connectivity index (χ4v) is 5.27. The van der Waals surface area contributed by atoms with E-state index in [-0.39, 0.29) is 28.7 Å². The Morgan fingerprint density at radius 2 is 1.76 bits per heavy atom. The van der Waals surface area contributed by atoms with Crippen LogP contribution in [0.5, 0.6) is 0 Å². The van der Waals surface area contributed by atoms with Crippen molar-refractivity contribution in [1.29, 1.82) is 0 Å². The highest BCUT2D eigenvalue weighted by Crippen LogP contribution is 2.19. The monoisotopic (exact) mass is 569 g/mol. The van der Waals surface area contributed by atoms with Crippen LogP contribution in [0.25, 0.3) is 10.9 Å². The normalized spacial score (nSPS) is 12.0. The van der Waals surface area contributed by atoms with Gasteiger partial charge >= 0.3 is 0 Å². The Kier molecular flexibility index (Phi) is 8.62. The van der Waals surface area contributed by atoms with Crippen molar-refractivity contribution in [3.05, 3.63) is 99.3 Å². The molecule has 0 radical (unpaired) electrons. The van der Waals surface area contributed by atoms with Crippen molar-refractivity contribution in [2.24, 2.45) is 10.2 Å². The number of sulfonamides is 1. The van der Waals surface area contributed by atoms with Gasteiger partial charge in [-0.3, -0.25) is 14.2 Å². The third-order valence-corrected chi connectivity index (χ3v) is 7.88. The average Bonchev–Trinajstić information content (AvgIpc) is 2.90. The molecular formula is C26H24ClN5O4S2. The molecule has 12 heteroatoms. The number of para-hydroxylation sites is 1. The van der Waals surface area contributed by atoms with E-state index in [0.717, 1.165) is 17.3 Å². The molecule has 0 unspecified atom stereocenters. The first kappa shape index (κ1) is 27.5. The van der Waals surface area contributed by atoms with Crippen molar-refractivity contribution >= 4 is 55.9 Å². The van der Waals surface area contributed by atoms with E-state index in [9.17, 15) is 18.0 Å². The van der Waals surface area contributed by atoms with Gasteiger partial charge in [0.2, 0.25) is 10.0 Å². The van der Waals surface area contributed by atoms with Crippen LogP contribution in [-0.4, -0.2) is 35.3 Å². The minimum absolute atomic E-state index is 0.0143. The molecule has 0 atom stereocenters.